The van der Waals surface area contributed by atoms with Gasteiger partial charge in [-0.05, 0) is 35.6 Å². The van der Waals surface area contributed by atoms with Gasteiger partial charge in [-0.1, -0.05) is 48.0 Å². The fourth-order valence-electron chi connectivity index (χ4n) is 5.63. The number of carbonyl (C=O) groups is 2. The summed E-state index contributed by atoms with van der Waals surface area (Å²) in [4.78, 5) is 37.6. The third kappa shape index (κ3) is 5.60. The van der Waals surface area contributed by atoms with Crippen LogP contribution in [0.2, 0.25) is 5.02 Å². The maximum absolute atomic E-state index is 13.9. The van der Waals surface area contributed by atoms with E-state index in [-0.39, 0.29) is 25.6 Å². The first-order chi connectivity index (χ1) is 19.7. The fraction of sp³-hybridized carbons (Fsp3) is 0.379. The Kier molecular flexibility index (Phi) is 7.33. The molecule has 8 nitrogen and oxygen atoms in total. The minimum atomic E-state index is -4.59. The molecule has 4 heterocycles. The van der Waals surface area contributed by atoms with Gasteiger partial charge in [0.15, 0.2) is 0 Å². The Labute approximate surface area is 239 Å². The number of nitrogens with one attached hydrogen (secondary N) is 1. The van der Waals surface area contributed by atoms with Gasteiger partial charge in [-0.15, -0.1) is 0 Å². The van der Waals surface area contributed by atoms with Gasteiger partial charge in [-0.2, -0.15) is 13.2 Å². The Balaban J connectivity index is 1.19. The molecule has 0 bridgehead atoms. The number of rotatable bonds is 5. The summed E-state index contributed by atoms with van der Waals surface area (Å²) in [5.74, 6) is -0.759. The van der Waals surface area contributed by atoms with E-state index in [0.29, 0.717) is 57.7 Å². The van der Waals surface area contributed by atoms with E-state index in [2.05, 4.69) is 15.3 Å². The van der Waals surface area contributed by atoms with Crippen molar-refractivity contribution in [1.82, 2.24) is 19.8 Å². The highest BCUT2D eigenvalue weighted by Gasteiger charge is 2.48. The van der Waals surface area contributed by atoms with Gasteiger partial charge in [-0.3, -0.25) is 9.59 Å². The van der Waals surface area contributed by atoms with Crippen molar-refractivity contribution in [1.29, 1.82) is 0 Å². The van der Waals surface area contributed by atoms with Crippen molar-refractivity contribution in [3.05, 3.63) is 75.9 Å². The second kappa shape index (κ2) is 10.9. The lowest BCUT2D eigenvalue weighted by molar-refractivity contribution is -0.193. The quantitative estimate of drug-likeness (QED) is 0.460. The average Bonchev–Trinajstić information content (AvgIpc) is 3.27. The smallest absolute Gasteiger partial charge is 0.381 e. The molecule has 214 valence electrons. The van der Waals surface area contributed by atoms with Crippen molar-refractivity contribution in [3.8, 4) is 11.3 Å². The number of alkyl halides is 3. The van der Waals surface area contributed by atoms with E-state index in [1.165, 1.54) is 11.1 Å². The lowest BCUT2D eigenvalue weighted by Gasteiger charge is -2.38. The van der Waals surface area contributed by atoms with Crippen LogP contribution in [0.4, 0.5) is 19.1 Å². The summed E-state index contributed by atoms with van der Waals surface area (Å²) in [5.41, 5.74) is 3.33. The van der Waals surface area contributed by atoms with Gasteiger partial charge in [0.2, 0.25) is 11.9 Å². The zero-order valence-corrected chi connectivity index (χ0v) is 22.7. The normalized spacial score (nSPS) is 19.2. The standard InChI is InChI=1S/C29H27ClF3N5O3/c30-23-13-34-28(35-21-7-9-41-10-8-21)36-26(23)18-5-6-20-14-37(27(40)22(20)11-18)16-25(39)38-15-19-4-2-1-3-17(19)12-24(38)29(31,32)33/h1-6,11,13,21,24H,7-10,12,14-16H2,(H,34,35,36). The van der Waals surface area contributed by atoms with Gasteiger partial charge in [-0.25, -0.2) is 9.97 Å². The molecule has 41 heavy (non-hydrogen) atoms. The molecule has 0 radical (unpaired) electrons. The van der Waals surface area contributed by atoms with Crippen molar-refractivity contribution in [2.45, 2.75) is 50.6 Å². The summed E-state index contributed by atoms with van der Waals surface area (Å²) in [5, 5.41) is 3.61. The molecular formula is C29H27ClF3N5O3. The van der Waals surface area contributed by atoms with Gasteiger partial charge in [0.25, 0.3) is 5.91 Å². The number of benzene rings is 2. The van der Waals surface area contributed by atoms with Crippen LogP contribution in [0.1, 0.15) is 39.9 Å². The minimum Gasteiger partial charge on any atom is -0.381 e. The summed E-state index contributed by atoms with van der Waals surface area (Å²) >= 11 is 6.42. The highest BCUT2D eigenvalue weighted by atomic mass is 35.5. The molecule has 6 rings (SSSR count). The number of ether oxygens (including phenoxy) is 1. The second-order valence-electron chi connectivity index (χ2n) is 10.5. The van der Waals surface area contributed by atoms with E-state index in [1.807, 2.05) is 0 Å². The van der Waals surface area contributed by atoms with Crippen LogP contribution in [-0.4, -0.2) is 69.6 Å². The van der Waals surface area contributed by atoms with E-state index < -0.39 is 30.6 Å². The van der Waals surface area contributed by atoms with E-state index in [9.17, 15) is 22.8 Å². The fourth-order valence-corrected chi connectivity index (χ4v) is 5.83. The number of fused-ring (bicyclic) bond motifs is 2. The summed E-state index contributed by atoms with van der Waals surface area (Å²) < 4.78 is 47.2. The monoisotopic (exact) mass is 585 g/mol. The topological polar surface area (TPSA) is 87.7 Å². The third-order valence-electron chi connectivity index (χ3n) is 7.83. The third-order valence-corrected chi connectivity index (χ3v) is 8.11. The van der Waals surface area contributed by atoms with Crippen molar-refractivity contribution in [2.75, 3.05) is 25.1 Å². The molecule has 1 saturated heterocycles. The van der Waals surface area contributed by atoms with E-state index in [0.717, 1.165) is 17.7 Å². The van der Waals surface area contributed by atoms with Crippen LogP contribution in [0.3, 0.4) is 0 Å². The number of hydrogen-bond acceptors (Lipinski definition) is 6. The Hall–Kier alpha value is -3.70. The van der Waals surface area contributed by atoms with Crippen LogP contribution < -0.4 is 5.32 Å². The molecule has 0 saturated carbocycles. The second-order valence-corrected chi connectivity index (χ2v) is 10.9. The average molecular weight is 586 g/mol. The molecule has 0 spiro atoms. The van der Waals surface area contributed by atoms with Crippen LogP contribution >= 0.6 is 11.6 Å². The van der Waals surface area contributed by atoms with Crippen molar-refractivity contribution in [3.63, 3.8) is 0 Å². The SMILES string of the molecule is O=C1c2cc(-c3nc(NC4CCOCC4)ncc3Cl)ccc2CN1CC(=O)N1Cc2ccccc2CC1C(F)(F)F. The number of nitrogens with zero attached hydrogens (tertiary/aromatic N) is 4. The van der Waals surface area contributed by atoms with E-state index >= 15 is 0 Å². The van der Waals surface area contributed by atoms with Crippen molar-refractivity contribution < 1.29 is 27.5 Å². The van der Waals surface area contributed by atoms with Gasteiger partial charge >= 0.3 is 6.18 Å². The van der Waals surface area contributed by atoms with E-state index in [1.54, 1.807) is 42.5 Å². The molecule has 1 atom stereocenters. The molecule has 3 aliphatic rings. The van der Waals surface area contributed by atoms with Crippen molar-refractivity contribution >= 4 is 29.4 Å². The van der Waals surface area contributed by atoms with E-state index in [4.69, 9.17) is 16.3 Å². The minimum absolute atomic E-state index is 0.120. The van der Waals surface area contributed by atoms with Gasteiger partial charge in [0, 0.05) is 49.9 Å². The summed E-state index contributed by atoms with van der Waals surface area (Å²) in [6.07, 6.45) is -1.74. The highest BCUT2D eigenvalue weighted by Crippen LogP contribution is 2.35. The zero-order chi connectivity index (χ0) is 28.7. The molecule has 1 aromatic heterocycles. The van der Waals surface area contributed by atoms with Crippen LogP contribution in [0.25, 0.3) is 11.3 Å². The molecule has 2 amide bonds. The molecule has 1 unspecified atom stereocenters. The molecule has 1 N–H and O–H groups in total. The Morgan fingerprint density at radius 1 is 1.07 bits per heavy atom. The van der Waals surface area contributed by atoms with Gasteiger partial charge < -0.3 is 19.9 Å². The lowest BCUT2D eigenvalue weighted by atomic mass is 9.93. The zero-order valence-electron chi connectivity index (χ0n) is 22.0. The van der Waals surface area contributed by atoms with Crippen LogP contribution in [-0.2, 0) is 29.0 Å². The number of aromatic nitrogens is 2. The predicted molar refractivity (Wildman–Crippen MR) is 145 cm³/mol. The number of halogens is 4. The summed E-state index contributed by atoms with van der Waals surface area (Å²) in [6.45, 7) is 0.826. The number of carbonyl (C=O) groups excluding carboxylic acids is 2. The lowest BCUT2D eigenvalue weighted by Crippen LogP contribution is -2.54. The predicted octanol–water partition coefficient (Wildman–Crippen LogP) is 4.86. The maximum Gasteiger partial charge on any atom is 0.409 e. The number of anilines is 1. The first-order valence-electron chi connectivity index (χ1n) is 13.4. The molecule has 1 fully saturated rings. The molecule has 12 heteroatoms. The molecule has 3 aliphatic heterocycles. The first-order valence-corrected chi connectivity index (χ1v) is 13.8. The molecule has 0 aliphatic carbocycles. The highest BCUT2D eigenvalue weighted by molar-refractivity contribution is 6.33. The van der Waals surface area contributed by atoms with Gasteiger partial charge in [0.1, 0.15) is 12.6 Å². The van der Waals surface area contributed by atoms with Crippen molar-refractivity contribution in [2.24, 2.45) is 0 Å². The molecule has 3 aromatic rings. The first kappa shape index (κ1) is 27.5. The van der Waals surface area contributed by atoms with Crippen LogP contribution in [0.15, 0.2) is 48.7 Å². The Morgan fingerprint density at radius 2 is 1.83 bits per heavy atom. The molecule has 2 aromatic carbocycles. The summed E-state index contributed by atoms with van der Waals surface area (Å²) in [6, 6.07) is 10.2. The Bertz CT molecular complexity index is 1490. The van der Waals surface area contributed by atoms with Crippen LogP contribution in [0.5, 0.6) is 0 Å². The maximum atomic E-state index is 13.9. The summed E-state index contributed by atoms with van der Waals surface area (Å²) in [7, 11) is 0. The molecular weight excluding hydrogens is 559 g/mol. The number of amides is 2. The van der Waals surface area contributed by atoms with Crippen LogP contribution in [0, 0.1) is 0 Å². The number of hydrogen-bond donors (Lipinski definition) is 1. The largest absolute Gasteiger partial charge is 0.409 e. The Morgan fingerprint density at radius 3 is 2.59 bits per heavy atom. The van der Waals surface area contributed by atoms with Gasteiger partial charge in [0.05, 0.1) is 16.9 Å².